The highest BCUT2D eigenvalue weighted by atomic mass is 31.2. The fraction of sp³-hybridized carbons (Fsp3) is 0.885. The maximum absolute atomic E-state index is 11.8. The smallest absolute Gasteiger partial charge is 0.305 e. The summed E-state index contributed by atoms with van der Waals surface area (Å²) >= 11 is 0. The number of aliphatic hydroxyl groups is 1. The molecular formula is C26H52NO7P. The number of ether oxygens (including phenoxy) is 1. The predicted molar refractivity (Wildman–Crippen MR) is 139 cm³/mol. The van der Waals surface area contributed by atoms with Crippen molar-refractivity contribution in [3.8, 4) is 0 Å². The molecular weight excluding hydrogens is 469 g/mol. The molecule has 0 saturated heterocycles. The quantitative estimate of drug-likeness (QED) is 0.0608. The lowest BCUT2D eigenvalue weighted by atomic mass is 10.1. The summed E-state index contributed by atoms with van der Waals surface area (Å²) in [4.78, 5) is 23.5. The van der Waals surface area contributed by atoms with Crippen LogP contribution in [0.25, 0.3) is 0 Å². The van der Waals surface area contributed by atoms with Gasteiger partial charge in [-0.3, -0.25) is 9.36 Å². The largest absolute Gasteiger partial charge is 0.756 e. The normalized spacial score (nSPS) is 18.9. The van der Waals surface area contributed by atoms with Crippen molar-refractivity contribution in [2.75, 3.05) is 47.5 Å². The SMILES string of the molecule is [2H]C([2H])([2H])C([2H])([2H])C([2H])([2H])CCCCC/C=C/CCCCCCCC(=O)OC[C@@H](O)COP(=O)([O-])OCC[N+](C)(C)C. The highest BCUT2D eigenvalue weighted by molar-refractivity contribution is 7.45. The van der Waals surface area contributed by atoms with Crippen molar-refractivity contribution in [1.82, 2.24) is 0 Å². The van der Waals surface area contributed by atoms with Gasteiger partial charge in [0, 0.05) is 16.0 Å². The van der Waals surface area contributed by atoms with E-state index in [-0.39, 0.29) is 26.1 Å². The molecule has 0 rings (SSSR count). The Labute approximate surface area is 224 Å². The zero-order chi connectivity index (χ0) is 32.5. The maximum atomic E-state index is 11.8. The number of hydrogen-bond donors (Lipinski definition) is 1. The molecule has 0 spiro atoms. The van der Waals surface area contributed by atoms with Crippen molar-refractivity contribution in [2.24, 2.45) is 0 Å². The number of allylic oxidation sites excluding steroid dienone is 2. The Bertz CT molecular complexity index is 837. The van der Waals surface area contributed by atoms with E-state index in [0.29, 0.717) is 30.3 Å². The highest BCUT2D eigenvalue weighted by Gasteiger charge is 2.16. The van der Waals surface area contributed by atoms with Crippen LogP contribution in [0.5, 0.6) is 0 Å². The lowest BCUT2D eigenvalue weighted by molar-refractivity contribution is -0.870. The van der Waals surface area contributed by atoms with Gasteiger partial charge in [-0.05, 0) is 32.1 Å². The van der Waals surface area contributed by atoms with E-state index >= 15 is 0 Å². The third kappa shape index (κ3) is 26.1. The summed E-state index contributed by atoms with van der Waals surface area (Å²) in [5, 5.41) is 9.81. The molecule has 0 aromatic carbocycles. The van der Waals surface area contributed by atoms with Crippen LogP contribution in [0.3, 0.4) is 0 Å². The number of carbonyl (C=O) groups is 1. The molecule has 1 unspecified atom stereocenters. The number of phosphoric acid groups is 1. The van der Waals surface area contributed by atoms with Crippen LogP contribution in [0, 0.1) is 0 Å². The topological polar surface area (TPSA) is 105 Å². The molecule has 0 amide bonds. The summed E-state index contributed by atoms with van der Waals surface area (Å²) in [5.41, 5.74) is 0. The number of aliphatic hydroxyl groups excluding tert-OH is 1. The van der Waals surface area contributed by atoms with Crippen molar-refractivity contribution >= 4 is 13.8 Å². The molecule has 208 valence electrons. The lowest BCUT2D eigenvalue weighted by Gasteiger charge is -2.27. The molecule has 0 bridgehead atoms. The summed E-state index contributed by atoms with van der Waals surface area (Å²) in [5.74, 6) is -0.464. The molecule has 2 atom stereocenters. The Morgan fingerprint density at radius 3 is 2.23 bits per heavy atom. The van der Waals surface area contributed by atoms with Crippen molar-refractivity contribution in [2.45, 2.75) is 103 Å². The number of hydrogen-bond acceptors (Lipinski definition) is 7. The van der Waals surface area contributed by atoms with Crippen LogP contribution in [-0.2, 0) is 23.1 Å². The van der Waals surface area contributed by atoms with Crippen LogP contribution in [0.1, 0.15) is 106 Å². The van der Waals surface area contributed by atoms with E-state index in [0.717, 1.165) is 44.9 Å². The van der Waals surface area contributed by atoms with E-state index in [4.69, 9.17) is 18.9 Å². The third-order valence-corrected chi connectivity index (χ3v) is 6.02. The predicted octanol–water partition coefficient (Wildman–Crippen LogP) is 5.14. The van der Waals surface area contributed by atoms with Crippen molar-refractivity contribution in [3.05, 3.63) is 12.2 Å². The van der Waals surface area contributed by atoms with Gasteiger partial charge in [-0.2, -0.15) is 0 Å². The van der Waals surface area contributed by atoms with Gasteiger partial charge in [0.1, 0.15) is 25.9 Å². The van der Waals surface area contributed by atoms with Crippen LogP contribution in [0.2, 0.25) is 0 Å². The number of phosphoric ester groups is 1. The molecule has 0 aliphatic rings. The Morgan fingerprint density at radius 2 is 1.60 bits per heavy atom. The summed E-state index contributed by atoms with van der Waals surface area (Å²) < 4.78 is 79.1. The average Bonchev–Trinajstić information content (AvgIpc) is 2.84. The average molecular weight is 529 g/mol. The molecule has 8 nitrogen and oxygen atoms in total. The molecule has 0 saturated carbocycles. The van der Waals surface area contributed by atoms with Gasteiger partial charge in [0.25, 0.3) is 7.82 Å². The molecule has 9 heteroatoms. The monoisotopic (exact) mass is 528 g/mol. The van der Waals surface area contributed by atoms with Crippen molar-refractivity contribution < 1.29 is 47.2 Å². The second-order valence-corrected chi connectivity index (χ2v) is 11.0. The molecule has 0 aliphatic carbocycles. The molecule has 0 fully saturated rings. The van der Waals surface area contributed by atoms with Gasteiger partial charge in [0.2, 0.25) is 0 Å². The van der Waals surface area contributed by atoms with Gasteiger partial charge in [-0.1, -0.05) is 70.3 Å². The standard InChI is InChI=1S/C26H52NO7P/c1-5-6-7-8-9-10-11-12-13-14-15-16-17-18-19-20-26(29)32-23-25(28)24-34-35(30,31)33-22-21-27(2,3)4/h12-13,25,28H,5-11,14-24H2,1-4H3/b13-12+/t25-/m1/s1/i1D3,5D2,6D2. The Morgan fingerprint density at radius 1 is 1.00 bits per heavy atom. The van der Waals surface area contributed by atoms with Crippen LogP contribution >= 0.6 is 7.82 Å². The zero-order valence-electron chi connectivity index (χ0n) is 28.8. The van der Waals surface area contributed by atoms with Gasteiger partial charge in [-0.25, -0.2) is 0 Å². The zero-order valence-corrected chi connectivity index (χ0v) is 22.7. The molecule has 35 heavy (non-hydrogen) atoms. The summed E-state index contributed by atoms with van der Waals surface area (Å²) in [6.07, 6.45) is 5.93. The number of likely N-dealkylation sites (N-methyl/N-ethyl adjacent to an activating group) is 1. The number of unbranched alkanes of at least 4 members (excludes halogenated alkanes) is 8. The minimum atomic E-state index is -4.54. The van der Waals surface area contributed by atoms with Crippen LogP contribution in [0.15, 0.2) is 12.2 Å². The number of esters is 1. The molecule has 0 radical (unpaired) electrons. The second-order valence-electron chi connectivity index (χ2n) is 9.61. The van der Waals surface area contributed by atoms with Gasteiger partial charge in [0.15, 0.2) is 0 Å². The van der Waals surface area contributed by atoms with E-state index in [1.54, 1.807) is 0 Å². The number of rotatable bonds is 24. The first-order valence-corrected chi connectivity index (χ1v) is 14.1. The number of carbonyl (C=O) groups excluding carboxylic acids is 1. The molecule has 0 aromatic rings. The lowest BCUT2D eigenvalue weighted by Crippen LogP contribution is -2.37. The highest BCUT2D eigenvalue weighted by Crippen LogP contribution is 2.38. The van der Waals surface area contributed by atoms with E-state index in [9.17, 15) is 19.4 Å². The van der Waals surface area contributed by atoms with E-state index < -0.39 is 46.1 Å². The summed E-state index contributed by atoms with van der Waals surface area (Å²) in [6.45, 7) is -3.49. The Balaban J connectivity index is 3.76. The minimum Gasteiger partial charge on any atom is -0.756 e. The second kappa shape index (κ2) is 21.3. The molecule has 1 N–H and O–H groups in total. The van der Waals surface area contributed by atoms with E-state index in [1.807, 2.05) is 21.1 Å². The van der Waals surface area contributed by atoms with Crippen molar-refractivity contribution in [3.63, 3.8) is 0 Å². The van der Waals surface area contributed by atoms with Gasteiger partial charge >= 0.3 is 5.97 Å². The van der Waals surface area contributed by atoms with Gasteiger partial charge in [-0.15, -0.1) is 0 Å². The fourth-order valence-electron chi connectivity index (χ4n) is 2.96. The fourth-order valence-corrected chi connectivity index (χ4v) is 3.70. The molecule has 0 heterocycles. The number of nitrogens with zero attached hydrogens (tertiary/aromatic N) is 1. The Kier molecular flexibility index (Phi) is 14.2. The first kappa shape index (κ1) is 23.4. The van der Waals surface area contributed by atoms with Gasteiger partial charge in [0.05, 0.1) is 27.7 Å². The minimum absolute atomic E-state index is 0.0426. The molecule has 0 aromatic heterocycles. The van der Waals surface area contributed by atoms with E-state index in [2.05, 4.69) is 16.7 Å². The maximum Gasteiger partial charge on any atom is 0.305 e. The third-order valence-electron chi connectivity index (χ3n) is 5.05. The Hall–Kier alpha value is -0.760. The van der Waals surface area contributed by atoms with E-state index in [1.165, 1.54) is 0 Å². The first-order valence-electron chi connectivity index (χ1n) is 16.1. The van der Waals surface area contributed by atoms with Crippen molar-refractivity contribution in [1.29, 1.82) is 0 Å². The molecule has 0 aliphatic heterocycles. The van der Waals surface area contributed by atoms with Crippen LogP contribution < -0.4 is 4.89 Å². The summed E-state index contributed by atoms with van der Waals surface area (Å²) in [7, 11) is 1.13. The van der Waals surface area contributed by atoms with Crippen LogP contribution in [0.4, 0.5) is 0 Å². The number of quaternary nitrogens is 1. The first-order chi connectivity index (χ1) is 19.2. The van der Waals surface area contributed by atoms with Crippen LogP contribution in [-0.4, -0.2) is 69.2 Å². The summed E-state index contributed by atoms with van der Waals surface area (Å²) in [6, 6.07) is 0. The van der Waals surface area contributed by atoms with Gasteiger partial charge < -0.3 is 28.3 Å².